The monoisotopic (exact) mass is 680 g/mol. The molecule has 3 aromatic heterocycles. The van der Waals surface area contributed by atoms with Crippen molar-refractivity contribution in [3.63, 3.8) is 0 Å². The molecule has 1 aromatic carbocycles. The van der Waals surface area contributed by atoms with E-state index in [0.717, 1.165) is 74.8 Å². The van der Waals surface area contributed by atoms with E-state index in [2.05, 4.69) is 58.9 Å². The van der Waals surface area contributed by atoms with Crippen LogP contribution in [0.15, 0.2) is 65.5 Å². The number of aromatic nitrogens is 3. The number of hydrogen-bond acceptors (Lipinski definition) is 10. The molecule has 8 rings (SSSR count). The van der Waals surface area contributed by atoms with Gasteiger partial charge in [0.05, 0.1) is 42.5 Å². The second kappa shape index (κ2) is 13.1. The number of nitrogens with one attached hydrogen (secondary N) is 2. The van der Waals surface area contributed by atoms with Gasteiger partial charge in [0.2, 0.25) is 5.88 Å². The molecule has 1 atom stereocenters. The molecule has 4 aliphatic heterocycles. The molecule has 0 radical (unpaired) electrons. The van der Waals surface area contributed by atoms with Crippen LogP contribution in [0, 0.1) is 11.2 Å². The summed E-state index contributed by atoms with van der Waals surface area (Å²) in [5.41, 5.74) is 5.00. The number of halogens is 1. The van der Waals surface area contributed by atoms with Crippen molar-refractivity contribution < 1.29 is 13.9 Å². The molecule has 1 spiro atoms. The van der Waals surface area contributed by atoms with E-state index in [-0.39, 0.29) is 16.9 Å². The first-order valence-corrected chi connectivity index (χ1v) is 17.6. The fourth-order valence-corrected chi connectivity index (χ4v) is 8.11. The first kappa shape index (κ1) is 32.4. The van der Waals surface area contributed by atoms with E-state index in [4.69, 9.17) is 9.47 Å². The second-order valence-electron chi connectivity index (χ2n) is 14.2. The van der Waals surface area contributed by atoms with Crippen LogP contribution >= 0.6 is 0 Å². The lowest BCUT2D eigenvalue weighted by molar-refractivity contribution is 0.147. The third kappa shape index (κ3) is 5.89. The highest BCUT2D eigenvalue weighted by molar-refractivity contribution is 5.92. The SMILES string of the molecule is CNc1ccc(N2CCC=C(N(Cc3ccnc(OC)c3)Cc3cn4c5c(c(N6CC7(CCNCC7)C6)c(F)cc5c3=O)OCC4C)C2)cn1. The highest BCUT2D eigenvalue weighted by Gasteiger charge is 2.46. The third-order valence-corrected chi connectivity index (χ3v) is 10.9. The van der Waals surface area contributed by atoms with E-state index in [1.165, 1.54) is 6.07 Å². The summed E-state index contributed by atoms with van der Waals surface area (Å²) in [5.74, 6) is 1.46. The van der Waals surface area contributed by atoms with Gasteiger partial charge in [-0.05, 0) is 69.1 Å². The molecule has 0 saturated carbocycles. The molecule has 0 aliphatic carbocycles. The fraction of sp³-hybridized carbons (Fsp3) is 0.447. The predicted molar refractivity (Wildman–Crippen MR) is 194 cm³/mol. The fourth-order valence-electron chi connectivity index (χ4n) is 8.11. The maximum Gasteiger partial charge on any atom is 0.213 e. The summed E-state index contributed by atoms with van der Waals surface area (Å²) in [6, 6.07) is 9.39. The largest absolute Gasteiger partial charge is 0.487 e. The van der Waals surface area contributed by atoms with Gasteiger partial charge in [0.1, 0.15) is 18.1 Å². The average molecular weight is 681 g/mol. The molecule has 0 amide bonds. The molecule has 4 aromatic rings. The van der Waals surface area contributed by atoms with Crippen LogP contribution in [0.5, 0.6) is 11.6 Å². The van der Waals surface area contributed by atoms with Crippen LogP contribution in [0.25, 0.3) is 10.9 Å². The van der Waals surface area contributed by atoms with Gasteiger partial charge < -0.3 is 39.4 Å². The van der Waals surface area contributed by atoms with Crippen LogP contribution < -0.4 is 35.3 Å². The van der Waals surface area contributed by atoms with Gasteiger partial charge in [0.15, 0.2) is 17.0 Å². The molecule has 262 valence electrons. The first-order valence-electron chi connectivity index (χ1n) is 17.6. The Morgan fingerprint density at radius 3 is 2.74 bits per heavy atom. The number of methoxy groups -OCH3 is 1. The van der Waals surface area contributed by atoms with E-state index in [9.17, 15) is 4.79 Å². The molecular formula is C38H45FN8O3. The Kier molecular flexibility index (Phi) is 8.50. The molecule has 2 N–H and O–H groups in total. The number of ether oxygens (including phenoxy) is 2. The summed E-state index contributed by atoms with van der Waals surface area (Å²) in [5, 5.41) is 6.89. The van der Waals surface area contributed by atoms with Crippen LogP contribution in [0.3, 0.4) is 0 Å². The smallest absolute Gasteiger partial charge is 0.213 e. The van der Waals surface area contributed by atoms with Crippen LogP contribution in [-0.4, -0.2) is 79.5 Å². The van der Waals surface area contributed by atoms with Crippen molar-refractivity contribution in [2.45, 2.75) is 45.3 Å². The van der Waals surface area contributed by atoms with Gasteiger partial charge >= 0.3 is 0 Å². The molecule has 12 heteroatoms. The van der Waals surface area contributed by atoms with Crippen molar-refractivity contribution in [3.05, 3.63) is 87.9 Å². The zero-order chi connectivity index (χ0) is 34.4. The summed E-state index contributed by atoms with van der Waals surface area (Å²) in [7, 11) is 3.47. The summed E-state index contributed by atoms with van der Waals surface area (Å²) >= 11 is 0. The van der Waals surface area contributed by atoms with E-state index >= 15 is 4.39 Å². The molecule has 0 bridgehead atoms. The van der Waals surface area contributed by atoms with Crippen molar-refractivity contribution in [2.24, 2.45) is 5.41 Å². The Labute approximate surface area is 291 Å². The topological polar surface area (TPSA) is 100 Å². The number of benzene rings is 1. The maximum atomic E-state index is 16.2. The number of rotatable bonds is 9. The van der Waals surface area contributed by atoms with Crippen molar-refractivity contribution in [1.82, 2.24) is 24.8 Å². The Balaban J connectivity index is 1.15. The van der Waals surface area contributed by atoms with Gasteiger partial charge in [-0.15, -0.1) is 0 Å². The van der Waals surface area contributed by atoms with Crippen LogP contribution in [0.2, 0.25) is 0 Å². The number of pyridine rings is 3. The predicted octanol–water partition coefficient (Wildman–Crippen LogP) is 4.92. The lowest BCUT2D eigenvalue weighted by Gasteiger charge is -2.54. The molecule has 2 saturated heterocycles. The maximum absolute atomic E-state index is 16.2. The van der Waals surface area contributed by atoms with Crippen molar-refractivity contribution in [1.29, 1.82) is 0 Å². The van der Waals surface area contributed by atoms with E-state index in [0.29, 0.717) is 60.0 Å². The van der Waals surface area contributed by atoms with E-state index in [1.807, 2.05) is 37.6 Å². The minimum atomic E-state index is -0.393. The minimum Gasteiger partial charge on any atom is -0.487 e. The lowest BCUT2D eigenvalue weighted by atomic mass is 9.72. The van der Waals surface area contributed by atoms with Crippen molar-refractivity contribution in [2.75, 3.05) is 75.1 Å². The molecule has 11 nitrogen and oxygen atoms in total. The van der Waals surface area contributed by atoms with Gasteiger partial charge in [-0.1, -0.05) is 6.08 Å². The van der Waals surface area contributed by atoms with Gasteiger partial charge in [-0.25, -0.2) is 14.4 Å². The Hall–Kier alpha value is -4.84. The molecular weight excluding hydrogens is 635 g/mol. The molecule has 7 heterocycles. The lowest BCUT2D eigenvalue weighted by Crippen LogP contribution is -2.60. The van der Waals surface area contributed by atoms with Gasteiger partial charge in [0.25, 0.3) is 0 Å². The summed E-state index contributed by atoms with van der Waals surface area (Å²) < 4.78 is 30.0. The highest BCUT2D eigenvalue weighted by Crippen LogP contribution is 2.48. The Bertz CT molecular complexity index is 1980. The summed E-state index contributed by atoms with van der Waals surface area (Å²) in [6.45, 7) is 8.52. The molecule has 1 unspecified atom stereocenters. The number of anilines is 3. The van der Waals surface area contributed by atoms with Crippen molar-refractivity contribution >= 4 is 28.1 Å². The van der Waals surface area contributed by atoms with Crippen molar-refractivity contribution in [3.8, 4) is 11.6 Å². The van der Waals surface area contributed by atoms with Gasteiger partial charge in [0, 0.05) is 74.9 Å². The standard InChI is InChI=1S/C38H45FN8O3/c1-25-22-50-37-34-30(16-31(39)35(37)46-23-38(24-46)9-12-41-13-10-38)36(48)27(20-47(25)34)19-45(18-26-8-11-42-33(15-26)49-3)29-5-4-14-44(21-29)28-6-7-32(40-2)43-17-28/h5-8,11,15-17,20,25,41H,4,9-10,12-14,18-19,21-24H2,1-3H3,(H,40,43). The molecule has 50 heavy (non-hydrogen) atoms. The quantitative estimate of drug-likeness (QED) is 0.254. The third-order valence-electron chi connectivity index (χ3n) is 10.9. The summed E-state index contributed by atoms with van der Waals surface area (Å²) in [6.07, 6.45) is 10.9. The van der Waals surface area contributed by atoms with Gasteiger partial charge in [-0.3, -0.25) is 4.79 Å². The summed E-state index contributed by atoms with van der Waals surface area (Å²) in [4.78, 5) is 29.9. The Morgan fingerprint density at radius 2 is 1.98 bits per heavy atom. The average Bonchev–Trinajstić information content (AvgIpc) is 3.14. The zero-order valence-electron chi connectivity index (χ0n) is 29.0. The highest BCUT2D eigenvalue weighted by atomic mass is 19.1. The van der Waals surface area contributed by atoms with E-state index < -0.39 is 5.82 Å². The number of nitrogens with zero attached hydrogens (tertiary/aromatic N) is 6. The van der Waals surface area contributed by atoms with E-state index in [1.54, 1.807) is 13.3 Å². The van der Waals surface area contributed by atoms with Crippen LogP contribution in [-0.2, 0) is 13.1 Å². The van der Waals surface area contributed by atoms with Gasteiger partial charge in [-0.2, -0.15) is 0 Å². The number of hydrogen-bond donors (Lipinski definition) is 2. The zero-order valence-corrected chi connectivity index (χ0v) is 29.0. The number of piperidine rings is 1. The van der Waals surface area contributed by atoms with Crippen LogP contribution in [0.4, 0.5) is 21.6 Å². The first-order chi connectivity index (χ1) is 24.3. The second-order valence-corrected chi connectivity index (χ2v) is 14.2. The molecule has 4 aliphatic rings. The Morgan fingerprint density at radius 1 is 1.14 bits per heavy atom. The minimum absolute atomic E-state index is 0.0230. The van der Waals surface area contributed by atoms with Crippen LogP contribution in [0.1, 0.15) is 43.4 Å². The molecule has 2 fully saturated rings. The normalized spacial score (nSPS) is 19.5.